The number of carbonyl (C=O) groups is 2. The SMILES string of the molecule is CCCCN1C(=O)CCc2cc(NC(C)=O)ccc21. The summed E-state index contributed by atoms with van der Waals surface area (Å²) >= 11 is 0. The molecule has 0 bridgehead atoms. The molecule has 0 saturated carbocycles. The van der Waals surface area contributed by atoms with Gasteiger partial charge in [0.25, 0.3) is 0 Å². The Hall–Kier alpha value is -1.84. The number of aryl methyl sites for hydroxylation is 1. The van der Waals surface area contributed by atoms with Crippen LogP contribution in [-0.2, 0) is 16.0 Å². The van der Waals surface area contributed by atoms with Crippen molar-refractivity contribution in [3.8, 4) is 0 Å². The van der Waals surface area contributed by atoms with Gasteiger partial charge >= 0.3 is 0 Å². The van der Waals surface area contributed by atoms with Gasteiger partial charge in [-0.3, -0.25) is 9.59 Å². The first-order valence-electron chi connectivity index (χ1n) is 6.82. The lowest BCUT2D eigenvalue weighted by Crippen LogP contribution is -2.35. The molecular formula is C15H20N2O2. The zero-order valence-corrected chi connectivity index (χ0v) is 11.5. The number of nitrogens with one attached hydrogen (secondary N) is 1. The normalized spacial score (nSPS) is 14.2. The molecule has 0 saturated heterocycles. The number of carbonyl (C=O) groups excluding carboxylic acids is 2. The second-order valence-electron chi connectivity index (χ2n) is 4.92. The maximum Gasteiger partial charge on any atom is 0.227 e. The van der Waals surface area contributed by atoms with Gasteiger partial charge in [0.15, 0.2) is 0 Å². The Labute approximate surface area is 113 Å². The first-order valence-corrected chi connectivity index (χ1v) is 6.82. The van der Waals surface area contributed by atoms with Crippen LogP contribution in [-0.4, -0.2) is 18.4 Å². The van der Waals surface area contributed by atoms with Crippen LogP contribution in [0, 0.1) is 0 Å². The van der Waals surface area contributed by atoms with Gasteiger partial charge in [-0.2, -0.15) is 0 Å². The minimum atomic E-state index is -0.0744. The molecule has 0 aromatic heterocycles. The number of nitrogens with zero attached hydrogens (tertiary/aromatic N) is 1. The molecule has 0 unspecified atom stereocenters. The molecule has 4 nitrogen and oxygen atoms in total. The number of hydrogen-bond donors (Lipinski definition) is 1. The summed E-state index contributed by atoms with van der Waals surface area (Å²) in [6, 6.07) is 5.77. The van der Waals surface area contributed by atoms with Crippen molar-refractivity contribution in [2.75, 3.05) is 16.8 Å². The third kappa shape index (κ3) is 3.13. The molecule has 1 aliphatic rings. The lowest BCUT2D eigenvalue weighted by Gasteiger charge is -2.29. The Bertz CT molecular complexity index is 497. The molecule has 0 fully saturated rings. The first-order chi connectivity index (χ1) is 9.11. The van der Waals surface area contributed by atoms with Crippen molar-refractivity contribution >= 4 is 23.2 Å². The van der Waals surface area contributed by atoms with E-state index >= 15 is 0 Å². The van der Waals surface area contributed by atoms with E-state index in [1.54, 1.807) is 0 Å². The second-order valence-corrected chi connectivity index (χ2v) is 4.92. The van der Waals surface area contributed by atoms with Crippen LogP contribution in [0.25, 0.3) is 0 Å². The highest BCUT2D eigenvalue weighted by molar-refractivity contribution is 5.97. The molecule has 4 heteroatoms. The lowest BCUT2D eigenvalue weighted by atomic mass is 10.00. The highest BCUT2D eigenvalue weighted by Crippen LogP contribution is 2.30. The third-order valence-corrected chi connectivity index (χ3v) is 3.34. The third-order valence-electron chi connectivity index (χ3n) is 3.34. The van der Waals surface area contributed by atoms with E-state index in [2.05, 4.69) is 12.2 Å². The zero-order valence-electron chi connectivity index (χ0n) is 11.5. The fourth-order valence-corrected chi connectivity index (χ4v) is 2.40. The number of hydrogen-bond acceptors (Lipinski definition) is 2. The summed E-state index contributed by atoms with van der Waals surface area (Å²) in [5, 5.41) is 2.78. The number of rotatable bonds is 4. The van der Waals surface area contributed by atoms with Gasteiger partial charge in [-0.05, 0) is 36.6 Å². The quantitative estimate of drug-likeness (QED) is 0.905. The standard InChI is InChI=1S/C15H20N2O2/c1-3-4-9-17-14-7-6-13(16-11(2)18)10-12(14)5-8-15(17)19/h6-7,10H,3-5,8-9H2,1-2H3,(H,16,18). The van der Waals surface area contributed by atoms with Gasteiger partial charge in [0.2, 0.25) is 11.8 Å². The van der Waals surface area contributed by atoms with Crippen LogP contribution >= 0.6 is 0 Å². The molecule has 2 amide bonds. The molecule has 102 valence electrons. The molecule has 19 heavy (non-hydrogen) atoms. The summed E-state index contributed by atoms with van der Waals surface area (Å²) in [5.74, 6) is 0.128. The molecule has 1 aliphatic heterocycles. The molecule has 1 aromatic rings. The van der Waals surface area contributed by atoms with E-state index in [4.69, 9.17) is 0 Å². The van der Waals surface area contributed by atoms with Crippen molar-refractivity contribution in [1.82, 2.24) is 0 Å². The average molecular weight is 260 g/mol. The summed E-state index contributed by atoms with van der Waals surface area (Å²) in [5.41, 5.74) is 2.94. The van der Waals surface area contributed by atoms with Crippen LogP contribution in [0.15, 0.2) is 18.2 Å². The minimum absolute atomic E-state index is 0.0744. The van der Waals surface area contributed by atoms with Crippen molar-refractivity contribution in [1.29, 1.82) is 0 Å². The van der Waals surface area contributed by atoms with E-state index in [9.17, 15) is 9.59 Å². The van der Waals surface area contributed by atoms with Gasteiger partial charge in [0, 0.05) is 31.3 Å². The van der Waals surface area contributed by atoms with Gasteiger partial charge in [-0.1, -0.05) is 13.3 Å². The number of benzene rings is 1. The van der Waals surface area contributed by atoms with Crippen LogP contribution < -0.4 is 10.2 Å². The van der Waals surface area contributed by atoms with Crippen molar-refractivity contribution in [2.24, 2.45) is 0 Å². The van der Waals surface area contributed by atoms with E-state index in [-0.39, 0.29) is 11.8 Å². The monoisotopic (exact) mass is 260 g/mol. The van der Waals surface area contributed by atoms with E-state index < -0.39 is 0 Å². The van der Waals surface area contributed by atoms with Crippen molar-refractivity contribution in [3.05, 3.63) is 23.8 Å². The molecule has 0 atom stereocenters. The minimum Gasteiger partial charge on any atom is -0.326 e. The van der Waals surface area contributed by atoms with Gasteiger partial charge in [-0.15, -0.1) is 0 Å². The zero-order chi connectivity index (χ0) is 13.8. The van der Waals surface area contributed by atoms with Crippen LogP contribution in [0.2, 0.25) is 0 Å². The smallest absolute Gasteiger partial charge is 0.227 e. The molecule has 1 aromatic carbocycles. The van der Waals surface area contributed by atoms with Crippen LogP contribution in [0.3, 0.4) is 0 Å². The predicted octanol–water partition coefficient (Wildman–Crippen LogP) is 2.72. The summed E-state index contributed by atoms with van der Waals surface area (Å²) in [4.78, 5) is 24.9. The molecule has 0 spiro atoms. The van der Waals surface area contributed by atoms with Crippen molar-refractivity contribution in [3.63, 3.8) is 0 Å². The van der Waals surface area contributed by atoms with Gasteiger partial charge in [0.1, 0.15) is 0 Å². The van der Waals surface area contributed by atoms with E-state index in [0.717, 1.165) is 42.7 Å². The number of fused-ring (bicyclic) bond motifs is 1. The topological polar surface area (TPSA) is 49.4 Å². The first kappa shape index (κ1) is 13.6. The van der Waals surface area contributed by atoms with E-state index in [1.165, 1.54) is 6.92 Å². The van der Waals surface area contributed by atoms with Crippen LogP contribution in [0.4, 0.5) is 11.4 Å². The summed E-state index contributed by atoms with van der Waals surface area (Å²) < 4.78 is 0. The Kier molecular flexibility index (Phi) is 4.20. The number of unbranched alkanes of at least 4 members (excludes halogenated alkanes) is 1. The number of amides is 2. The Morgan fingerprint density at radius 2 is 2.16 bits per heavy atom. The van der Waals surface area contributed by atoms with Gasteiger partial charge in [0.05, 0.1) is 0 Å². The maximum absolute atomic E-state index is 12.0. The average Bonchev–Trinajstić information content (AvgIpc) is 2.37. The Balaban J connectivity index is 2.25. The molecule has 0 radical (unpaired) electrons. The second kappa shape index (κ2) is 5.87. The van der Waals surface area contributed by atoms with Gasteiger partial charge < -0.3 is 10.2 Å². The van der Waals surface area contributed by atoms with Gasteiger partial charge in [-0.25, -0.2) is 0 Å². The molecule has 1 N–H and O–H groups in total. The van der Waals surface area contributed by atoms with E-state index in [0.29, 0.717) is 6.42 Å². The molecular weight excluding hydrogens is 240 g/mol. The fraction of sp³-hybridized carbons (Fsp3) is 0.467. The van der Waals surface area contributed by atoms with Crippen molar-refractivity contribution < 1.29 is 9.59 Å². The molecule has 2 rings (SSSR count). The summed E-state index contributed by atoms with van der Waals surface area (Å²) in [6.07, 6.45) is 3.40. The maximum atomic E-state index is 12.0. The predicted molar refractivity (Wildman–Crippen MR) is 76.3 cm³/mol. The summed E-state index contributed by atoms with van der Waals surface area (Å²) in [6.45, 7) is 4.40. The molecule has 1 heterocycles. The largest absolute Gasteiger partial charge is 0.326 e. The van der Waals surface area contributed by atoms with Crippen molar-refractivity contribution in [2.45, 2.75) is 39.5 Å². The number of anilines is 2. The highest BCUT2D eigenvalue weighted by Gasteiger charge is 2.23. The van der Waals surface area contributed by atoms with Crippen LogP contribution in [0.1, 0.15) is 38.7 Å². The Morgan fingerprint density at radius 1 is 1.37 bits per heavy atom. The van der Waals surface area contributed by atoms with Crippen LogP contribution in [0.5, 0.6) is 0 Å². The highest BCUT2D eigenvalue weighted by atomic mass is 16.2. The lowest BCUT2D eigenvalue weighted by molar-refractivity contribution is -0.119. The molecule has 0 aliphatic carbocycles. The fourth-order valence-electron chi connectivity index (χ4n) is 2.40. The van der Waals surface area contributed by atoms with E-state index in [1.807, 2.05) is 23.1 Å². The summed E-state index contributed by atoms with van der Waals surface area (Å²) in [7, 11) is 0. The Morgan fingerprint density at radius 3 is 2.84 bits per heavy atom.